The van der Waals surface area contributed by atoms with E-state index in [1.165, 1.54) is 5.56 Å². The molecule has 1 amide bonds. The Morgan fingerprint density at radius 3 is 2.52 bits per heavy atom. The third-order valence-electron chi connectivity index (χ3n) is 5.73. The van der Waals surface area contributed by atoms with E-state index in [2.05, 4.69) is 20.0 Å². The molecule has 1 aliphatic heterocycles. The van der Waals surface area contributed by atoms with Gasteiger partial charge in [-0.05, 0) is 30.7 Å². The van der Waals surface area contributed by atoms with E-state index in [9.17, 15) is 4.79 Å². The first kappa shape index (κ1) is 19.4. The van der Waals surface area contributed by atoms with Gasteiger partial charge in [0.25, 0.3) is 11.6 Å². The van der Waals surface area contributed by atoms with Crippen LogP contribution in [0.25, 0.3) is 22.4 Å². The van der Waals surface area contributed by atoms with Crippen molar-refractivity contribution in [1.82, 2.24) is 24.9 Å². The summed E-state index contributed by atoms with van der Waals surface area (Å²) in [5, 5.41) is 4.75. The number of hydrogen-bond acceptors (Lipinski definition) is 6. The van der Waals surface area contributed by atoms with Gasteiger partial charge in [-0.15, -0.1) is 0 Å². The predicted molar refractivity (Wildman–Crippen MR) is 117 cm³/mol. The van der Waals surface area contributed by atoms with E-state index in [-0.39, 0.29) is 5.91 Å². The second-order valence-electron chi connectivity index (χ2n) is 7.79. The van der Waals surface area contributed by atoms with Gasteiger partial charge in [0.1, 0.15) is 0 Å². The van der Waals surface area contributed by atoms with Crippen molar-refractivity contribution in [3.63, 3.8) is 0 Å². The highest BCUT2D eigenvalue weighted by atomic mass is 16.5. The second-order valence-corrected chi connectivity index (χ2v) is 7.79. The van der Waals surface area contributed by atoms with Crippen LogP contribution in [0.15, 0.2) is 65.4 Å². The molecule has 1 aliphatic rings. The fourth-order valence-corrected chi connectivity index (χ4v) is 4.05. The molecule has 0 radical (unpaired) electrons. The highest BCUT2D eigenvalue weighted by Gasteiger charge is 2.26. The molecule has 4 aromatic rings. The first-order valence-electron chi connectivity index (χ1n) is 10.4. The SMILES string of the molecule is Cc1noc2nc(-c3ccccc3)cc(C(=O)N3CCN(Cc4ccncc4)CC3)c12. The van der Waals surface area contributed by atoms with E-state index in [0.717, 1.165) is 25.2 Å². The average Bonchev–Trinajstić information content (AvgIpc) is 3.20. The zero-order chi connectivity index (χ0) is 21.2. The molecule has 7 heteroatoms. The van der Waals surface area contributed by atoms with Crippen molar-refractivity contribution >= 4 is 17.0 Å². The molecule has 0 atom stereocenters. The van der Waals surface area contributed by atoms with Gasteiger partial charge in [-0.25, -0.2) is 4.98 Å². The number of pyridine rings is 2. The van der Waals surface area contributed by atoms with E-state index in [1.54, 1.807) is 0 Å². The Hall–Kier alpha value is -3.58. The van der Waals surface area contributed by atoms with E-state index < -0.39 is 0 Å². The lowest BCUT2D eigenvalue weighted by atomic mass is 10.0. The standard InChI is InChI=1S/C24H23N5O2/c1-17-22-20(15-21(26-23(22)31-27-17)19-5-3-2-4-6-19)24(30)29-13-11-28(12-14-29)16-18-7-9-25-10-8-18/h2-10,15H,11-14,16H2,1H3. The van der Waals surface area contributed by atoms with Crippen LogP contribution < -0.4 is 0 Å². The minimum atomic E-state index is -0.000516. The summed E-state index contributed by atoms with van der Waals surface area (Å²) < 4.78 is 5.43. The van der Waals surface area contributed by atoms with Crippen LogP contribution in [-0.4, -0.2) is 57.0 Å². The van der Waals surface area contributed by atoms with Gasteiger partial charge in [-0.2, -0.15) is 0 Å². The highest BCUT2D eigenvalue weighted by Crippen LogP contribution is 2.28. The summed E-state index contributed by atoms with van der Waals surface area (Å²) in [6.07, 6.45) is 3.63. The monoisotopic (exact) mass is 413 g/mol. The molecule has 5 rings (SSSR count). The van der Waals surface area contributed by atoms with Gasteiger partial charge in [0.2, 0.25) is 0 Å². The number of piperazine rings is 1. The molecule has 156 valence electrons. The summed E-state index contributed by atoms with van der Waals surface area (Å²) in [6, 6.07) is 15.8. The Balaban J connectivity index is 1.39. The lowest BCUT2D eigenvalue weighted by molar-refractivity contribution is 0.0630. The number of rotatable bonds is 4. The normalized spacial score (nSPS) is 14.8. The summed E-state index contributed by atoms with van der Waals surface area (Å²) in [5.41, 5.74) is 4.57. The molecule has 3 aromatic heterocycles. The Morgan fingerprint density at radius 1 is 1.03 bits per heavy atom. The zero-order valence-corrected chi connectivity index (χ0v) is 17.4. The van der Waals surface area contributed by atoms with E-state index in [1.807, 2.05) is 72.7 Å². The van der Waals surface area contributed by atoms with Gasteiger partial charge in [-0.3, -0.25) is 14.7 Å². The summed E-state index contributed by atoms with van der Waals surface area (Å²) in [4.78, 5) is 26.5. The predicted octanol–water partition coefficient (Wildman–Crippen LogP) is 3.55. The lowest BCUT2D eigenvalue weighted by Crippen LogP contribution is -2.48. The number of aryl methyl sites for hydroxylation is 1. The maximum Gasteiger partial charge on any atom is 0.259 e. The van der Waals surface area contributed by atoms with Crippen molar-refractivity contribution in [2.45, 2.75) is 13.5 Å². The number of nitrogens with zero attached hydrogens (tertiary/aromatic N) is 5. The van der Waals surface area contributed by atoms with Crippen molar-refractivity contribution in [2.75, 3.05) is 26.2 Å². The number of carbonyl (C=O) groups is 1. The third kappa shape index (κ3) is 3.92. The molecule has 0 saturated carbocycles. The largest absolute Gasteiger partial charge is 0.336 e. The first-order chi connectivity index (χ1) is 15.2. The molecule has 1 aromatic carbocycles. The van der Waals surface area contributed by atoms with Crippen LogP contribution in [-0.2, 0) is 6.54 Å². The minimum absolute atomic E-state index is 0.000516. The molecular weight excluding hydrogens is 390 g/mol. The van der Waals surface area contributed by atoms with Gasteiger partial charge in [0.15, 0.2) is 0 Å². The molecule has 1 saturated heterocycles. The Kier molecular flexibility index (Phi) is 5.18. The molecule has 7 nitrogen and oxygen atoms in total. The molecule has 4 heterocycles. The fourth-order valence-electron chi connectivity index (χ4n) is 4.05. The molecule has 0 unspecified atom stereocenters. The van der Waals surface area contributed by atoms with Crippen LogP contribution in [0, 0.1) is 6.92 Å². The van der Waals surface area contributed by atoms with Crippen molar-refractivity contribution < 1.29 is 9.32 Å². The lowest BCUT2D eigenvalue weighted by Gasteiger charge is -2.35. The van der Waals surface area contributed by atoms with E-state index in [4.69, 9.17) is 4.52 Å². The number of amides is 1. The molecule has 0 bridgehead atoms. The number of fused-ring (bicyclic) bond motifs is 1. The summed E-state index contributed by atoms with van der Waals surface area (Å²) in [7, 11) is 0. The van der Waals surface area contributed by atoms with E-state index in [0.29, 0.717) is 41.1 Å². The van der Waals surface area contributed by atoms with Gasteiger partial charge >= 0.3 is 0 Å². The third-order valence-corrected chi connectivity index (χ3v) is 5.73. The molecule has 0 spiro atoms. The number of hydrogen-bond donors (Lipinski definition) is 0. The maximum absolute atomic E-state index is 13.5. The van der Waals surface area contributed by atoms with Gasteiger partial charge in [-0.1, -0.05) is 35.5 Å². The van der Waals surface area contributed by atoms with Crippen LogP contribution >= 0.6 is 0 Å². The molecule has 1 fully saturated rings. The highest BCUT2D eigenvalue weighted by molar-refractivity contribution is 6.07. The fraction of sp³-hybridized carbons (Fsp3) is 0.250. The summed E-state index contributed by atoms with van der Waals surface area (Å²) >= 11 is 0. The Labute approximate surface area is 180 Å². The minimum Gasteiger partial charge on any atom is -0.336 e. The summed E-state index contributed by atoms with van der Waals surface area (Å²) in [5.74, 6) is -0.000516. The summed E-state index contributed by atoms with van der Waals surface area (Å²) in [6.45, 7) is 5.73. The van der Waals surface area contributed by atoms with Crippen molar-refractivity contribution in [1.29, 1.82) is 0 Å². The molecule has 0 aliphatic carbocycles. The van der Waals surface area contributed by atoms with Crippen molar-refractivity contribution in [3.05, 3.63) is 77.7 Å². The van der Waals surface area contributed by atoms with Crippen LogP contribution in [0.5, 0.6) is 0 Å². The number of aromatic nitrogens is 3. The van der Waals surface area contributed by atoms with Crippen LogP contribution in [0.2, 0.25) is 0 Å². The smallest absolute Gasteiger partial charge is 0.259 e. The maximum atomic E-state index is 13.5. The van der Waals surface area contributed by atoms with Crippen LogP contribution in [0.4, 0.5) is 0 Å². The Bertz CT molecular complexity index is 1200. The van der Waals surface area contributed by atoms with Gasteiger partial charge in [0.05, 0.1) is 22.3 Å². The zero-order valence-electron chi connectivity index (χ0n) is 17.4. The Morgan fingerprint density at radius 2 is 1.77 bits per heavy atom. The van der Waals surface area contributed by atoms with E-state index >= 15 is 0 Å². The number of carbonyl (C=O) groups excluding carboxylic acids is 1. The molecule has 31 heavy (non-hydrogen) atoms. The van der Waals surface area contributed by atoms with Gasteiger partial charge in [0, 0.05) is 50.7 Å². The molecule has 0 N–H and O–H groups in total. The van der Waals surface area contributed by atoms with Crippen LogP contribution in [0.1, 0.15) is 21.6 Å². The van der Waals surface area contributed by atoms with Gasteiger partial charge < -0.3 is 9.42 Å². The number of benzene rings is 1. The average molecular weight is 413 g/mol. The quantitative estimate of drug-likeness (QED) is 0.509. The second kappa shape index (κ2) is 8.28. The first-order valence-corrected chi connectivity index (χ1v) is 10.4. The van der Waals surface area contributed by atoms with Crippen molar-refractivity contribution in [3.8, 4) is 11.3 Å². The van der Waals surface area contributed by atoms with Crippen LogP contribution in [0.3, 0.4) is 0 Å². The molecular formula is C24H23N5O2. The topological polar surface area (TPSA) is 75.4 Å². The van der Waals surface area contributed by atoms with Crippen molar-refractivity contribution in [2.24, 2.45) is 0 Å².